The van der Waals surface area contributed by atoms with Crippen molar-refractivity contribution in [1.29, 1.82) is 0 Å². The maximum Gasteiger partial charge on any atom is 0.238 e. The molecule has 0 aliphatic heterocycles. The second-order valence-electron chi connectivity index (χ2n) is 5.39. The molecule has 2 aromatic heterocycles. The fraction of sp³-hybridized carbons (Fsp3) is 0.125. The van der Waals surface area contributed by atoms with E-state index in [1.807, 2.05) is 30.1 Å². The Morgan fingerprint density at radius 3 is 2.48 bits per heavy atom. The van der Waals surface area contributed by atoms with Crippen molar-refractivity contribution < 1.29 is 8.42 Å². The van der Waals surface area contributed by atoms with E-state index in [0.29, 0.717) is 12.5 Å². The zero-order valence-electron chi connectivity index (χ0n) is 13.3. The summed E-state index contributed by atoms with van der Waals surface area (Å²) in [5.74, 6) is 0.595. The van der Waals surface area contributed by atoms with Crippen LogP contribution >= 0.6 is 27.3 Å². The van der Waals surface area contributed by atoms with Gasteiger partial charge in [-0.25, -0.2) is 23.5 Å². The highest BCUT2D eigenvalue weighted by Crippen LogP contribution is 2.30. The minimum absolute atomic E-state index is 0.0976. The van der Waals surface area contributed by atoms with Gasteiger partial charge in [-0.15, -0.1) is 11.3 Å². The molecule has 0 saturated heterocycles. The third-order valence-corrected chi connectivity index (χ3v) is 6.06. The SMILES string of the molecule is CN(Cc1ccc(S(N)(=O)=O)cc1)c1nccc(-c2ccc(Br)s2)n1. The van der Waals surface area contributed by atoms with E-state index in [0.717, 1.165) is 19.9 Å². The standard InChI is InChI=1S/C16H15BrN4O2S2/c1-21(10-11-2-4-12(5-3-11)25(18,22)23)16-19-9-8-13(20-16)14-6-7-15(17)24-14/h2-9H,10H2,1H3,(H2,18,22,23). The van der Waals surface area contributed by atoms with E-state index in [9.17, 15) is 8.42 Å². The van der Waals surface area contributed by atoms with Crippen molar-refractivity contribution in [2.75, 3.05) is 11.9 Å². The minimum Gasteiger partial charge on any atom is -0.340 e. The van der Waals surface area contributed by atoms with Crippen LogP contribution in [0.25, 0.3) is 10.6 Å². The quantitative estimate of drug-likeness (QED) is 0.659. The number of nitrogens with zero attached hydrogens (tertiary/aromatic N) is 3. The number of rotatable bonds is 5. The first-order chi connectivity index (χ1) is 11.8. The molecule has 0 saturated carbocycles. The van der Waals surface area contributed by atoms with Gasteiger partial charge in [-0.05, 0) is 51.8 Å². The monoisotopic (exact) mass is 438 g/mol. The second kappa shape index (κ2) is 7.20. The molecular formula is C16H15BrN4O2S2. The predicted octanol–water partition coefficient (Wildman–Crippen LogP) is 3.25. The van der Waals surface area contributed by atoms with Gasteiger partial charge in [-0.3, -0.25) is 0 Å². The lowest BCUT2D eigenvalue weighted by Gasteiger charge is -2.17. The molecule has 6 nitrogen and oxygen atoms in total. The van der Waals surface area contributed by atoms with Gasteiger partial charge in [-0.2, -0.15) is 0 Å². The lowest BCUT2D eigenvalue weighted by Crippen LogP contribution is -2.19. The highest BCUT2D eigenvalue weighted by Gasteiger charge is 2.11. The number of hydrogen-bond acceptors (Lipinski definition) is 6. The van der Waals surface area contributed by atoms with E-state index in [4.69, 9.17) is 5.14 Å². The normalized spacial score (nSPS) is 11.5. The minimum atomic E-state index is -3.68. The van der Waals surface area contributed by atoms with Crippen molar-refractivity contribution in [2.45, 2.75) is 11.4 Å². The second-order valence-corrected chi connectivity index (χ2v) is 9.42. The van der Waals surface area contributed by atoms with Gasteiger partial charge < -0.3 is 4.90 Å². The number of aromatic nitrogens is 2. The molecule has 25 heavy (non-hydrogen) atoms. The summed E-state index contributed by atoms with van der Waals surface area (Å²) in [4.78, 5) is 12.0. The van der Waals surface area contributed by atoms with Crippen molar-refractivity contribution in [3.63, 3.8) is 0 Å². The highest BCUT2D eigenvalue weighted by molar-refractivity contribution is 9.11. The zero-order valence-corrected chi connectivity index (χ0v) is 16.5. The molecule has 0 amide bonds. The fourth-order valence-electron chi connectivity index (χ4n) is 2.25. The molecule has 1 aromatic carbocycles. The Kier molecular flexibility index (Phi) is 5.19. The molecule has 9 heteroatoms. The van der Waals surface area contributed by atoms with Crippen LogP contribution in [0.5, 0.6) is 0 Å². The molecule has 2 N–H and O–H groups in total. The molecule has 130 valence electrons. The molecular weight excluding hydrogens is 424 g/mol. The molecule has 0 spiro atoms. The van der Waals surface area contributed by atoms with Crippen LogP contribution in [-0.4, -0.2) is 25.4 Å². The van der Waals surface area contributed by atoms with Gasteiger partial charge in [0.1, 0.15) is 0 Å². The topological polar surface area (TPSA) is 89.2 Å². The number of nitrogens with two attached hydrogens (primary N) is 1. The molecule has 2 heterocycles. The summed E-state index contributed by atoms with van der Waals surface area (Å²) in [6.45, 7) is 0.544. The van der Waals surface area contributed by atoms with Gasteiger partial charge in [0.25, 0.3) is 0 Å². The van der Waals surface area contributed by atoms with E-state index in [-0.39, 0.29) is 4.90 Å². The van der Waals surface area contributed by atoms with Gasteiger partial charge in [-0.1, -0.05) is 12.1 Å². The maximum absolute atomic E-state index is 11.3. The summed E-state index contributed by atoms with van der Waals surface area (Å²) in [5, 5.41) is 5.11. The Balaban J connectivity index is 1.78. The lowest BCUT2D eigenvalue weighted by atomic mass is 10.2. The van der Waals surface area contributed by atoms with Crippen molar-refractivity contribution >= 4 is 43.2 Å². The van der Waals surface area contributed by atoms with Crippen molar-refractivity contribution in [3.8, 4) is 10.6 Å². The van der Waals surface area contributed by atoms with Crippen molar-refractivity contribution in [1.82, 2.24) is 9.97 Å². The predicted molar refractivity (Wildman–Crippen MR) is 103 cm³/mol. The van der Waals surface area contributed by atoms with Crippen molar-refractivity contribution in [2.24, 2.45) is 5.14 Å². The van der Waals surface area contributed by atoms with Gasteiger partial charge in [0.05, 0.1) is 19.3 Å². The number of primary sulfonamides is 1. The Morgan fingerprint density at radius 1 is 1.16 bits per heavy atom. The number of benzene rings is 1. The van der Waals surface area contributed by atoms with E-state index >= 15 is 0 Å². The van der Waals surface area contributed by atoms with E-state index in [1.54, 1.807) is 29.7 Å². The number of sulfonamides is 1. The Hall–Kier alpha value is -1.81. The molecule has 0 aliphatic rings. The number of thiophene rings is 1. The highest BCUT2D eigenvalue weighted by atomic mass is 79.9. The van der Waals surface area contributed by atoms with Crippen LogP contribution in [0.2, 0.25) is 0 Å². The summed E-state index contributed by atoms with van der Waals surface area (Å²) in [5.41, 5.74) is 1.79. The van der Waals surface area contributed by atoms with Crippen LogP contribution in [-0.2, 0) is 16.6 Å². The van der Waals surface area contributed by atoms with E-state index < -0.39 is 10.0 Å². The van der Waals surface area contributed by atoms with Crippen LogP contribution < -0.4 is 10.0 Å². The summed E-state index contributed by atoms with van der Waals surface area (Å²) in [6, 6.07) is 12.3. The molecule has 0 radical (unpaired) electrons. The van der Waals surface area contributed by atoms with E-state index in [1.165, 1.54) is 12.1 Å². The Labute approximate surface area is 158 Å². The molecule has 0 bridgehead atoms. The molecule has 0 unspecified atom stereocenters. The first kappa shape index (κ1) is 18.0. The summed E-state index contributed by atoms with van der Waals surface area (Å²) >= 11 is 5.06. The van der Waals surface area contributed by atoms with Gasteiger partial charge >= 0.3 is 0 Å². The first-order valence-corrected chi connectivity index (χ1v) is 10.4. The largest absolute Gasteiger partial charge is 0.340 e. The molecule has 0 aliphatic carbocycles. The Morgan fingerprint density at radius 2 is 1.88 bits per heavy atom. The molecule has 3 aromatic rings. The summed E-state index contributed by atoms with van der Waals surface area (Å²) in [7, 11) is -1.79. The van der Waals surface area contributed by atoms with E-state index in [2.05, 4.69) is 25.9 Å². The number of hydrogen-bond donors (Lipinski definition) is 1. The molecule has 0 fully saturated rings. The molecule has 0 atom stereocenters. The fourth-order valence-corrected chi connectivity index (χ4v) is 4.12. The van der Waals surface area contributed by atoms with Crippen LogP contribution in [0.4, 0.5) is 5.95 Å². The maximum atomic E-state index is 11.3. The summed E-state index contributed by atoms with van der Waals surface area (Å²) < 4.78 is 23.7. The zero-order chi connectivity index (χ0) is 18.0. The average molecular weight is 439 g/mol. The van der Waals surface area contributed by atoms with Crippen LogP contribution in [0.3, 0.4) is 0 Å². The van der Waals surface area contributed by atoms with Gasteiger partial charge in [0.2, 0.25) is 16.0 Å². The van der Waals surface area contributed by atoms with Crippen LogP contribution in [0, 0.1) is 0 Å². The summed E-state index contributed by atoms with van der Waals surface area (Å²) in [6.07, 6.45) is 1.73. The van der Waals surface area contributed by atoms with Gasteiger partial charge in [0, 0.05) is 19.8 Å². The van der Waals surface area contributed by atoms with Crippen LogP contribution in [0.15, 0.2) is 57.3 Å². The smallest absolute Gasteiger partial charge is 0.238 e. The van der Waals surface area contributed by atoms with Crippen molar-refractivity contribution in [3.05, 3.63) is 58.0 Å². The number of halogens is 1. The number of anilines is 1. The third kappa shape index (κ3) is 4.43. The van der Waals surface area contributed by atoms with Gasteiger partial charge in [0.15, 0.2) is 0 Å². The third-order valence-electron chi connectivity index (χ3n) is 3.48. The Bertz CT molecular complexity index is 987. The average Bonchev–Trinajstić information content (AvgIpc) is 3.01. The first-order valence-electron chi connectivity index (χ1n) is 7.24. The van der Waals surface area contributed by atoms with Crippen LogP contribution in [0.1, 0.15) is 5.56 Å². The molecule has 3 rings (SSSR count). The lowest BCUT2D eigenvalue weighted by molar-refractivity contribution is 0.598.